The Morgan fingerprint density at radius 3 is 2.10 bits per heavy atom. The SMILES string of the molecule is N#Cc1cc(Oc2ccc(OC(F)(F)F)cc2)ccc1N. The first-order chi connectivity index (χ1) is 9.87. The van der Waals surface area contributed by atoms with Crippen LogP contribution in [0.5, 0.6) is 17.2 Å². The van der Waals surface area contributed by atoms with Crippen LogP contribution in [0.15, 0.2) is 42.5 Å². The fourth-order valence-electron chi connectivity index (χ4n) is 1.54. The summed E-state index contributed by atoms with van der Waals surface area (Å²) in [4.78, 5) is 0. The van der Waals surface area contributed by atoms with Crippen LogP contribution in [-0.2, 0) is 0 Å². The van der Waals surface area contributed by atoms with Crippen molar-refractivity contribution in [2.75, 3.05) is 5.73 Å². The standard InChI is InChI=1S/C14H9F3N2O2/c15-14(16,17)21-11-3-1-10(2-4-11)20-12-5-6-13(19)9(7-12)8-18/h1-7H,19H2. The van der Waals surface area contributed by atoms with Crippen molar-refractivity contribution in [1.82, 2.24) is 0 Å². The first-order valence-corrected chi connectivity index (χ1v) is 5.71. The van der Waals surface area contributed by atoms with Crippen molar-refractivity contribution in [1.29, 1.82) is 5.26 Å². The number of rotatable bonds is 3. The minimum absolute atomic E-state index is 0.254. The third kappa shape index (κ3) is 4.04. The second-order valence-electron chi connectivity index (χ2n) is 3.98. The van der Waals surface area contributed by atoms with Crippen molar-refractivity contribution < 1.29 is 22.6 Å². The summed E-state index contributed by atoms with van der Waals surface area (Å²) in [6.07, 6.45) is -4.74. The quantitative estimate of drug-likeness (QED) is 0.873. The van der Waals surface area contributed by atoms with Crippen LogP contribution < -0.4 is 15.2 Å². The molecule has 2 aromatic rings. The van der Waals surface area contributed by atoms with E-state index in [0.717, 1.165) is 12.1 Å². The maximum absolute atomic E-state index is 12.0. The molecule has 0 amide bonds. The van der Waals surface area contributed by atoms with Gasteiger partial charge in [0, 0.05) is 11.8 Å². The molecule has 2 N–H and O–H groups in total. The Hall–Kier alpha value is -2.88. The minimum atomic E-state index is -4.74. The van der Waals surface area contributed by atoms with Crippen LogP contribution in [0.25, 0.3) is 0 Å². The van der Waals surface area contributed by atoms with E-state index in [-0.39, 0.29) is 11.3 Å². The molecule has 0 aromatic heterocycles. The summed E-state index contributed by atoms with van der Waals surface area (Å²) in [5.74, 6) is 0.313. The molecule has 4 nitrogen and oxygen atoms in total. The smallest absolute Gasteiger partial charge is 0.457 e. The van der Waals surface area contributed by atoms with Crippen LogP contribution in [0.2, 0.25) is 0 Å². The zero-order valence-corrected chi connectivity index (χ0v) is 10.5. The topological polar surface area (TPSA) is 68.3 Å². The number of hydrogen-bond donors (Lipinski definition) is 1. The van der Waals surface area contributed by atoms with Crippen molar-refractivity contribution in [2.45, 2.75) is 6.36 Å². The van der Waals surface area contributed by atoms with Crippen LogP contribution >= 0.6 is 0 Å². The number of halogens is 3. The number of alkyl halides is 3. The van der Waals surface area contributed by atoms with Crippen molar-refractivity contribution in [3.8, 4) is 23.3 Å². The van der Waals surface area contributed by atoms with Gasteiger partial charge in [0.25, 0.3) is 0 Å². The number of nitrogen functional groups attached to an aromatic ring is 1. The second-order valence-corrected chi connectivity index (χ2v) is 3.98. The highest BCUT2D eigenvalue weighted by Gasteiger charge is 2.30. The zero-order chi connectivity index (χ0) is 15.5. The molecular formula is C14H9F3N2O2. The summed E-state index contributed by atoms with van der Waals surface area (Å²) in [5.41, 5.74) is 6.14. The molecule has 7 heteroatoms. The molecule has 2 aromatic carbocycles. The lowest BCUT2D eigenvalue weighted by Crippen LogP contribution is -2.16. The fraction of sp³-hybridized carbons (Fsp3) is 0.0714. The van der Waals surface area contributed by atoms with E-state index in [4.69, 9.17) is 15.7 Å². The van der Waals surface area contributed by atoms with Crippen molar-refractivity contribution >= 4 is 5.69 Å². The minimum Gasteiger partial charge on any atom is -0.457 e. The van der Waals surface area contributed by atoms with Gasteiger partial charge in [0.1, 0.15) is 23.3 Å². The first-order valence-electron chi connectivity index (χ1n) is 5.71. The molecule has 0 saturated carbocycles. The fourth-order valence-corrected chi connectivity index (χ4v) is 1.54. The molecule has 108 valence electrons. The van der Waals surface area contributed by atoms with Crippen LogP contribution in [0.4, 0.5) is 18.9 Å². The molecule has 0 saturated heterocycles. The lowest BCUT2D eigenvalue weighted by atomic mass is 10.2. The number of anilines is 1. The Bertz CT molecular complexity index is 676. The Morgan fingerprint density at radius 2 is 1.52 bits per heavy atom. The van der Waals surface area contributed by atoms with Crippen molar-refractivity contribution in [3.63, 3.8) is 0 Å². The van der Waals surface area contributed by atoms with Gasteiger partial charge in [-0.2, -0.15) is 5.26 Å². The van der Waals surface area contributed by atoms with Gasteiger partial charge < -0.3 is 15.2 Å². The molecule has 0 heterocycles. The molecular weight excluding hydrogens is 285 g/mol. The summed E-state index contributed by atoms with van der Waals surface area (Å²) in [6.45, 7) is 0. The number of ether oxygens (including phenoxy) is 2. The van der Waals surface area contributed by atoms with Crippen LogP contribution in [0.3, 0.4) is 0 Å². The van der Waals surface area contributed by atoms with E-state index < -0.39 is 6.36 Å². The third-order valence-corrected chi connectivity index (χ3v) is 2.44. The zero-order valence-electron chi connectivity index (χ0n) is 10.5. The Balaban J connectivity index is 2.12. The van der Waals surface area contributed by atoms with Gasteiger partial charge in [-0.1, -0.05) is 0 Å². The van der Waals surface area contributed by atoms with Crippen LogP contribution in [0.1, 0.15) is 5.56 Å². The lowest BCUT2D eigenvalue weighted by Gasteiger charge is -2.10. The third-order valence-electron chi connectivity index (χ3n) is 2.44. The highest BCUT2D eigenvalue weighted by molar-refractivity contribution is 5.57. The van der Waals surface area contributed by atoms with Crippen LogP contribution in [0, 0.1) is 11.3 Å². The largest absolute Gasteiger partial charge is 0.573 e. The maximum Gasteiger partial charge on any atom is 0.573 e. The van der Waals surface area contributed by atoms with E-state index in [1.807, 2.05) is 6.07 Å². The van der Waals surface area contributed by atoms with Crippen LogP contribution in [-0.4, -0.2) is 6.36 Å². The number of nitriles is 1. The number of nitrogens with two attached hydrogens (primary N) is 1. The molecule has 0 spiro atoms. The van der Waals surface area contributed by atoms with Gasteiger partial charge in [-0.05, 0) is 36.4 Å². The van der Waals surface area contributed by atoms with E-state index in [2.05, 4.69) is 4.74 Å². The molecule has 0 radical (unpaired) electrons. The highest BCUT2D eigenvalue weighted by Crippen LogP contribution is 2.28. The molecule has 0 bridgehead atoms. The molecule has 21 heavy (non-hydrogen) atoms. The van der Waals surface area contributed by atoms with Gasteiger partial charge in [0.05, 0.1) is 5.56 Å². The van der Waals surface area contributed by atoms with E-state index in [1.54, 1.807) is 6.07 Å². The molecule has 0 aliphatic rings. The van der Waals surface area contributed by atoms with Gasteiger partial charge in [0.15, 0.2) is 0 Å². The van der Waals surface area contributed by atoms with Crippen molar-refractivity contribution in [2.24, 2.45) is 0 Å². The molecule has 0 aliphatic heterocycles. The molecule has 0 aliphatic carbocycles. The maximum atomic E-state index is 12.0. The summed E-state index contributed by atoms with van der Waals surface area (Å²) in [6, 6.07) is 11.3. The second kappa shape index (κ2) is 5.63. The Kier molecular flexibility index (Phi) is 3.89. The van der Waals surface area contributed by atoms with E-state index in [0.29, 0.717) is 17.2 Å². The highest BCUT2D eigenvalue weighted by atomic mass is 19.4. The predicted molar refractivity (Wildman–Crippen MR) is 68.8 cm³/mol. The molecule has 0 fully saturated rings. The molecule has 0 atom stereocenters. The first kappa shape index (κ1) is 14.5. The summed E-state index contributed by atoms with van der Waals surface area (Å²) in [7, 11) is 0. The predicted octanol–water partition coefficient (Wildman–Crippen LogP) is 3.83. The average Bonchev–Trinajstić information content (AvgIpc) is 2.41. The summed E-state index contributed by atoms with van der Waals surface area (Å²) < 4.78 is 45.2. The van der Waals surface area contributed by atoms with Crippen molar-refractivity contribution in [3.05, 3.63) is 48.0 Å². The Labute approximate surface area is 118 Å². The van der Waals surface area contributed by atoms with Gasteiger partial charge in [-0.15, -0.1) is 13.2 Å². The van der Waals surface area contributed by atoms with E-state index in [1.165, 1.54) is 24.3 Å². The summed E-state index contributed by atoms with van der Waals surface area (Å²) in [5, 5.41) is 8.84. The van der Waals surface area contributed by atoms with Gasteiger partial charge in [0.2, 0.25) is 0 Å². The monoisotopic (exact) mass is 294 g/mol. The average molecular weight is 294 g/mol. The van der Waals surface area contributed by atoms with Gasteiger partial charge in [-0.25, -0.2) is 0 Å². The van der Waals surface area contributed by atoms with Gasteiger partial charge in [-0.3, -0.25) is 0 Å². The molecule has 2 rings (SSSR count). The Morgan fingerprint density at radius 1 is 0.952 bits per heavy atom. The lowest BCUT2D eigenvalue weighted by molar-refractivity contribution is -0.274. The summed E-state index contributed by atoms with van der Waals surface area (Å²) >= 11 is 0. The normalized spacial score (nSPS) is 10.8. The van der Waals surface area contributed by atoms with E-state index in [9.17, 15) is 13.2 Å². The van der Waals surface area contributed by atoms with Gasteiger partial charge >= 0.3 is 6.36 Å². The number of benzene rings is 2. The van der Waals surface area contributed by atoms with E-state index >= 15 is 0 Å². The number of nitrogens with zero attached hydrogens (tertiary/aromatic N) is 1. The molecule has 0 unspecified atom stereocenters. The number of hydrogen-bond acceptors (Lipinski definition) is 4.